The molecule has 2 aliphatic rings. The molecular weight excluding hydrogens is 380 g/mol. The van der Waals surface area contributed by atoms with Gasteiger partial charge in [0.25, 0.3) is 0 Å². The van der Waals surface area contributed by atoms with Crippen LogP contribution >= 0.6 is 0 Å². The van der Waals surface area contributed by atoms with Crippen LogP contribution in [-0.4, -0.2) is 50.2 Å². The Bertz CT molecular complexity index is 886. The number of rotatable bonds is 8. The van der Waals surface area contributed by atoms with Crippen molar-refractivity contribution < 1.29 is 4.74 Å². The number of ether oxygens (including phenoxy) is 1. The molecule has 4 rings (SSSR count). The largest absolute Gasteiger partial charge is 0.463 e. The molecule has 1 aliphatic heterocycles. The van der Waals surface area contributed by atoms with Crippen molar-refractivity contribution in [2.45, 2.75) is 83.7 Å². The molecule has 8 nitrogen and oxygen atoms in total. The minimum Gasteiger partial charge on any atom is -0.463 e. The lowest BCUT2D eigenvalue weighted by Crippen LogP contribution is -2.43. The summed E-state index contributed by atoms with van der Waals surface area (Å²) < 4.78 is 7.35. The van der Waals surface area contributed by atoms with Gasteiger partial charge in [0.05, 0.1) is 6.61 Å². The number of aromatic amines is 1. The van der Waals surface area contributed by atoms with E-state index in [1.807, 2.05) is 0 Å². The van der Waals surface area contributed by atoms with E-state index in [1.54, 1.807) is 4.57 Å². The fraction of sp³-hybridized carbons (Fsp3) is 0.773. The number of aromatic nitrogens is 4. The molecular formula is C22H36N6O2. The van der Waals surface area contributed by atoms with Crippen molar-refractivity contribution in [2.24, 2.45) is 5.92 Å². The van der Waals surface area contributed by atoms with Crippen LogP contribution in [0.15, 0.2) is 4.79 Å². The average molecular weight is 417 g/mol. The number of nitrogens with two attached hydrogens (primary N) is 1. The highest BCUT2D eigenvalue weighted by Crippen LogP contribution is 2.28. The van der Waals surface area contributed by atoms with Gasteiger partial charge in [-0.25, -0.2) is 4.79 Å². The average Bonchev–Trinajstić information content (AvgIpc) is 3.09. The van der Waals surface area contributed by atoms with Gasteiger partial charge in [-0.15, -0.1) is 0 Å². The lowest BCUT2D eigenvalue weighted by molar-refractivity contribution is 0.0939. The predicted octanol–water partition coefficient (Wildman–Crippen LogP) is 3.32. The number of nitrogens with zero attached hydrogens (tertiary/aromatic N) is 4. The minimum atomic E-state index is -0.170. The van der Waals surface area contributed by atoms with Crippen LogP contribution in [0.5, 0.6) is 6.01 Å². The van der Waals surface area contributed by atoms with Crippen LogP contribution < -0.4 is 16.2 Å². The lowest BCUT2D eigenvalue weighted by atomic mass is 9.89. The van der Waals surface area contributed by atoms with Crippen molar-refractivity contribution in [2.75, 3.05) is 25.4 Å². The van der Waals surface area contributed by atoms with Crippen LogP contribution in [0.1, 0.15) is 71.1 Å². The molecule has 1 saturated heterocycles. The summed E-state index contributed by atoms with van der Waals surface area (Å²) in [7, 11) is 0. The molecule has 1 saturated carbocycles. The van der Waals surface area contributed by atoms with Gasteiger partial charge in [0.1, 0.15) is 5.52 Å². The minimum absolute atomic E-state index is 0.170. The number of aryl methyl sites for hydroxylation is 1. The normalized spacial score (nSPS) is 21.3. The molecule has 0 aromatic carbocycles. The number of piperidine rings is 1. The number of imidazole rings is 1. The van der Waals surface area contributed by atoms with Gasteiger partial charge in [-0.05, 0) is 51.0 Å². The standard InChI is InChI=1S/C22H36N6O2/c1-2-3-14-30-21-25-19(23)18-20(26-21)28(22(29)24-18)13-11-16-8-7-12-27(15-16)17-9-5-4-6-10-17/h16-17H,2-15H2,1H3,(H,24,29)(H2,23,25,26). The van der Waals surface area contributed by atoms with Crippen molar-refractivity contribution in [3.63, 3.8) is 0 Å². The second-order valence-corrected chi connectivity index (χ2v) is 8.96. The first-order valence-electron chi connectivity index (χ1n) is 11.8. The SMILES string of the molecule is CCCCOc1nc(N)c2[nH]c(=O)n(CCC3CCCN(C4CCCCC4)C3)c2n1. The first-order chi connectivity index (χ1) is 14.7. The molecule has 0 amide bonds. The Morgan fingerprint density at radius 1 is 1.17 bits per heavy atom. The number of likely N-dealkylation sites (tertiary alicyclic amines) is 1. The van der Waals surface area contributed by atoms with E-state index in [0.29, 0.717) is 30.2 Å². The van der Waals surface area contributed by atoms with Gasteiger partial charge in [0, 0.05) is 19.1 Å². The van der Waals surface area contributed by atoms with E-state index in [-0.39, 0.29) is 17.5 Å². The van der Waals surface area contributed by atoms with Gasteiger partial charge >= 0.3 is 11.7 Å². The molecule has 1 unspecified atom stereocenters. The summed E-state index contributed by atoms with van der Waals surface area (Å²) >= 11 is 0. The van der Waals surface area contributed by atoms with E-state index in [4.69, 9.17) is 10.5 Å². The summed E-state index contributed by atoms with van der Waals surface area (Å²) in [6.07, 6.45) is 12.3. The summed E-state index contributed by atoms with van der Waals surface area (Å²) in [6, 6.07) is 1.02. The third kappa shape index (κ3) is 4.79. The van der Waals surface area contributed by atoms with Crippen LogP contribution in [0.25, 0.3) is 11.2 Å². The molecule has 3 heterocycles. The van der Waals surface area contributed by atoms with E-state index in [2.05, 4.69) is 26.8 Å². The molecule has 2 aromatic rings. The van der Waals surface area contributed by atoms with Gasteiger partial charge in [0.15, 0.2) is 11.5 Å². The highest BCUT2D eigenvalue weighted by Gasteiger charge is 2.27. The van der Waals surface area contributed by atoms with Crippen LogP contribution in [0, 0.1) is 5.92 Å². The molecule has 0 bridgehead atoms. The monoisotopic (exact) mass is 416 g/mol. The number of unbranched alkanes of at least 4 members (excludes halogenated alkanes) is 1. The van der Waals surface area contributed by atoms with E-state index < -0.39 is 0 Å². The third-order valence-electron chi connectivity index (χ3n) is 6.76. The second kappa shape index (κ2) is 9.81. The topological polar surface area (TPSA) is 102 Å². The van der Waals surface area contributed by atoms with Gasteiger partial charge in [-0.2, -0.15) is 9.97 Å². The Labute approximate surface area is 178 Å². The van der Waals surface area contributed by atoms with Crippen molar-refractivity contribution in [1.29, 1.82) is 0 Å². The van der Waals surface area contributed by atoms with Crippen molar-refractivity contribution in [1.82, 2.24) is 24.4 Å². The number of anilines is 1. The van der Waals surface area contributed by atoms with Gasteiger partial charge in [0.2, 0.25) is 0 Å². The first-order valence-corrected chi connectivity index (χ1v) is 11.8. The summed E-state index contributed by atoms with van der Waals surface area (Å²) in [5.74, 6) is 0.889. The van der Waals surface area contributed by atoms with Crippen LogP contribution in [0.2, 0.25) is 0 Å². The molecule has 0 spiro atoms. The quantitative estimate of drug-likeness (QED) is 0.640. The van der Waals surface area contributed by atoms with Crippen molar-refractivity contribution in [3.05, 3.63) is 10.5 Å². The van der Waals surface area contributed by atoms with Crippen LogP contribution in [-0.2, 0) is 6.54 Å². The van der Waals surface area contributed by atoms with E-state index in [1.165, 1.54) is 51.5 Å². The Morgan fingerprint density at radius 3 is 2.80 bits per heavy atom. The number of nitrogens with one attached hydrogen (secondary N) is 1. The fourth-order valence-corrected chi connectivity index (χ4v) is 5.03. The van der Waals surface area contributed by atoms with Gasteiger partial charge in [-0.1, -0.05) is 32.6 Å². The summed E-state index contributed by atoms with van der Waals surface area (Å²) in [5, 5.41) is 0. The lowest BCUT2D eigenvalue weighted by Gasteiger charge is -2.40. The van der Waals surface area contributed by atoms with Gasteiger partial charge < -0.3 is 20.4 Å². The Kier molecular flexibility index (Phi) is 6.92. The first kappa shape index (κ1) is 21.2. The van der Waals surface area contributed by atoms with E-state index in [0.717, 1.165) is 31.8 Å². The molecule has 8 heteroatoms. The number of fused-ring (bicyclic) bond motifs is 1. The van der Waals surface area contributed by atoms with Crippen molar-refractivity contribution in [3.8, 4) is 6.01 Å². The predicted molar refractivity (Wildman–Crippen MR) is 119 cm³/mol. The molecule has 166 valence electrons. The summed E-state index contributed by atoms with van der Waals surface area (Å²) in [5.41, 5.74) is 6.96. The molecule has 0 radical (unpaired) electrons. The zero-order valence-corrected chi connectivity index (χ0v) is 18.2. The Hall–Kier alpha value is -2.09. The molecule has 30 heavy (non-hydrogen) atoms. The molecule has 1 atom stereocenters. The molecule has 3 N–H and O–H groups in total. The smallest absolute Gasteiger partial charge is 0.327 e. The van der Waals surface area contributed by atoms with E-state index >= 15 is 0 Å². The maximum Gasteiger partial charge on any atom is 0.327 e. The van der Waals surface area contributed by atoms with E-state index in [9.17, 15) is 4.79 Å². The van der Waals surface area contributed by atoms with Crippen LogP contribution in [0.4, 0.5) is 5.82 Å². The third-order valence-corrected chi connectivity index (χ3v) is 6.76. The summed E-state index contributed by atoms with van der Waals surface area (Å²) in [4.78, 5) is 26.8. The maximum absolute atomic E-state index is 12.6. The number of nitrogen functional groups attached to an aromatic ring is 1. The zero-order chi connectivity index (χ0) is 20.9. The molecule has 2 fully saturated rings. The number of H-pyrrole nitrogens is 1. The Morgan fingerprint density at radius 2 is 2.00 bits per heavy atom. The number of hydrogen-bond donors (Lipinski definition) is 2. The Balaban J connectivity index is 1.44. The van der Waals surface area contributed by atoms with Crippen LogP contribution in [0.3, 0.4) is 0 Å². The highest BCUT2D eigenvalue weighted by molar-refractivity contribution is 5.81. The molecule has 2 aromatic heterocycles. The second-order valence-electron chi connectivity index (χ2n) is 8.96. The molecule has 1 aliphatic carbocycles. The maximum atomic E-state index is 12.6. The van der Waals surface area contributed by atoms with Gasteiger partial charge in [-0.3, -0.25) is 4.57 Å². The number of hydrogen-bond acceptors (Lipinski definition) is 6. The van der Waals surface area contributed by atoms with Crippen molar-refractivity contribution >= 4 is 17.0 Å². The fourth-order valence-electron chi connectivity index (χ4n) is 5.03. The summed E-state index contributed by atoms with van der Waals surface area (Å²) in [6.45, 7) is 5.69. The zero-order valence-electron chi connectivity index (χ0n) is 18.2. The highest BCUT2D eigenvalue weighted by atomic mass is 16.5.